The van der Waals surface area contributed by atoms with Crippen LogP contribution in [0.4, 0.5) is 0 Å². The molecule has 1 aliphatic heterocycles. The third kappa shape index (κ3) is 1.74. The number of methoxy groups -OCH3 is 1. The molecular weight excluding hydrogens is 200 g/mol. The van der Waals surface area contributed by atoms with Crippen molar-refractivity contribution in [2.45, 2.75) is 45.0 Å². The van der Waals surface area contributed by atoms with E-state index < -0.39 is 0 Å². The molecule has 0 radical (unpaired) electrons. The molecule has 0 N–H and O–H groups in total. The Morgan fingerprint density at radius 2 is 2.25 bits per heavy atom. The largest absolute Gasteiger partial charge is 0.352 e. The zero-order chi connectivity index (χ0) is 11.9. The molecule has 0 amide bonds. The van der Waals surface area contributed by atoms with Crippen molar-refractivity contribution in [1.82, 2.24) is 0 Å². The van der Waals surface area contributed by atoms with Crippen LogP contribution in [0.25, 0.3) is 0 Å². The van der Waals surface area contributed by atoms with E-state index in [0.717, 1.165) is 18.4 Å². The smallest absolute Gasteiger partial charge is 0.180 e. The highest BCUT2D eigenvalue weighted by Crippen LogP contribution is 2.50. The molecule has 2 aliphatic rings. The molecule has 16 heavy (non-hydrogen) atoms. The van der Waals surface area contributed by atoms with Gasteiger partial charge in [0, 0.05) is 13.0 Å². The second kappa shape index (κ2) is 4.01. The zero-order valence-corrected chi connectivity index (χ0v) is 10.6. The molecule has 90 valence electrons. The minimum absolute atomic E-state index is 0.0658. The lowest BCUT2D eigenvalue weighted by molar-refractivity contribution is -0.154. The highest BCUT2D eigenvalue weighted by Gasteiger charge is 2.50. The molecule has 0 bridgehead atoms. The molecule has 1 saturated heterocycles. The van der Waals surface area contributed by atoms with Crippen LogP contribution in [0.3, 0.4) is 0 Å². The number of rotatable bonds is 2. The number of allylic oxidation sites excluding steroid dienone is 1. The third-order valence-corrected chi connectivity index (χ3v) is 4.28. The summed E-state index contributed by atoms with van der Waals surface area (Å²) in [7, 11) is 1.69. The van der Waals surface area contributed by atoms with Crippen molar-refractivity contribution in [2.24, 2.45) is 11.8 Å². The molecule has 2 rings (SSSR count). The van der Waals surface area contributed by atoms with Crippen LogP contribution in [0.5, 0.6) is 0 Å². The van der Waals surface area contributed by atoms with E-state index in [1.807, 2.05) is 0 Å². The van der Waals surface area contributed by atoms with Crippen LogP contribution in [-0.4, -0.2) is 19.0 Å². The quantitative estimate of drug-likeness (QED) is 0.667. The van der Waals surface area contributed by atoms with Crippen molar-refractivity contribution in [1.29, 1.82) is 0 Å². The third-order valence-electron chi connectivity index (χ3n) is 4.28. The van der Waals surface area contributed by atoms with Gasteiger partial charge in [-0.15, -0.1) is 0 Å². The summed E-state index contributed by atoms with van der Waals surface area (Å²) in [6.45, 7) is 12.5. The lowest BCUT2D eigenvalue weighted by Crippen LogP contribution is -2.38. The van der Waals surface area contributed by atoms with Crippen LogP contribution in [0, 0.1) is 11.8 Å². The number of hydrogen-bond acceptors (Lipinski definition) is 2. The van der Waals surface area contributed by atoms with Crippen LogP contribution in [-0.2, 0) is 9.47 Å². The first-order chi connectivity index (χ1) is 7.48. The Labute approximate surface area is 98.3 Å². The second-order valence-electron chi connectivity index (χ2n) is 5.44. The predicted molar refractivity (Wildman–Crippen MR) is 65.1 cm³/mol. The molecule has 1 aliphatic carbocycles. The standard InChI is InChI=1S/C14H22O2/c1-9(2)11-6-7-14(4)12(8-11)10(3)13(15-5)16-14/h11-13H,1,3,6-8H2,2,4-5H3/t11?,12-,13?,14-/m1/s1. The molecular formula is C14H22O2. The van der Waals surface area contributed by atoms with Gasteiger partial charge < -0.3 is 9.47 Å². The number of ether oxygens (including phenoxy) is 2. The van der Waals surface area contributed by atoms with Gasteiger partial charge in [-0.3, -0.25) is 0 Å². The summed E-state index contributed by atoms with van der Waals surface area (Å²) < 4.78 is 11.3. The highest BCUT2D eigenvalue weighted by atomic mass is 16.7. The summed E-state index contributed by atoms with van der Waals surface area (Å²) in [4.78, 5) is 0. The fourth-order valence-electron chi connectivity index (χ4n) is 3.10. The first-order valence-corrected chi connectivity index (χ1v) is 6.02. The highest BCUT2D eigenvalue weighted by molar-refractivity contribution is 5.20. The van der Waals surface area contributed by atoms with Crippen LogP contribution < -0.4 is 0 Å². The summed E-state index contributed by atoms with van der Waals surface area (Å²) >= 11 is 0. The molecule has 1 heterocycles. The summed E-state index contributed by atoms with van der Waals surface area (Å²) in [6.07, 6.45) is 3.16. The van der Waals surface area contributed by atoms with E-state index in [2.05, 4.69) is 27.0 Å². The molecule has 2 unspecified atom stereocenters. The van der Waals surface area contributed by atoms with Crippen molar-refractivity contribution in [2.75, 3.05) is 7.11 Å². The van der Waals surface area contributed by atoms with Crippen molar-refractivity contribution >= 4 is 0 Å². The van der Waals surface area contributed by atoms with Gasteiger partial charge in [0.2, 0.25) is 0 Å². The maximum Gasteiger partial charge on any atom is 0.180 e. The van der Waals surface area contributed by atoms with Crippen LogP contribution >= 0.6 is 0 Å². The summed E-state index contributed by atoms with van der Waals surface area (Å²) in [5.74, 6) is 1.04. The van der Waals surface area contributed by atoms with Gasteiger partial charge in [0.25, 0.3) is 0 Å². The average molecular weight is 222 g/mol. The van der Waals surface area contributed by atoms with Crippen LogP contribution in [0.15, 0.2) is 24.3 Å². The van der Waals surface area contributed by atoms with Crippen LogP contribution in [0.1, 0.15) is 33.1 Å². The molecule has 2 heteroatoms. The van der Waals surface area contributed by atoms with Gasteiger partial charge in [-0.05, 0) is 44.6 Å². The fourth-order valence-corrected chi connectivity index (χ4v) is 3.10. The van der Waals surface area contributed by atoms with E-state index in [0.29, 0.717) is 11.8 Å². The first-order valence-electron chi connectivity index (χ1n) is 6.02. The molecule has 4 atom stereocenters. The van der Waals surface area contributed by atoms with Gasteiger partial charge in [-0.25, -0.2) is 0 Å². The first kappa shape index (κ1) is 11.9. The Morgan fingerprint density at radius 3 is 2.81 bits per heavy atom. The lowest BCUT2D eigenvalue weighted by Gasteiger charge is -2.39. The van der Waals surface area contributed by atoms with Crippen molar-refractivity contribution in [3.8, 4) is 0 Å². The number of hydrogen-bond donors (Lipinski definition) is 0. The normalized spacial score (nSPS) is 43.2. The van der Waals surface area contributed by atoms with Gasteiger partial charge in [0.15, 0.2) is 6.29 Å². The molecule has 0 aromatic carbocycles. The van der Waals surface area contributed by atoms with E-state index in [1.54, 1.807) is 7.11 Å². The van der Waals surface area contributed by atoms with Crippen LogP contribution in [0.2, 0.25) is 0 Å². The van der Waals surface area contributed by atoms with E-state index in [9.17, 15) is 0 Å². The Balaban J connectivity index is 2.18. The Morgan fingerprint density at radius 1 is 1.56 bits per heavy atom. The SMILES string of the molecule is C=C(C)C1CC[C@@]2(C)OC(OC)C(=C)[C@H]2C1. The molecule has 1 saturated carbocycles. The zero-order valence-electron chi connectivity index (χ0n) is 10.6. The maximum atomic E-state index is 5.99. The van der Waals surface area contributed by atoms with E-state index in [1.165, 1.54) is 12.0 Å². The summed E-state index contributed by atoms with van der Waals surface area (Å²) in [6, 6.07) is 0. The van der Waals surface area contributed by atoms with E-state index in [4.69, 9.17) is 9.47 Å². The Kier molecular flexibility index (Phi) is 2.97. The predicted octanol–water partition coefficient (Wildman–Crippen LogP) is 3.30. The monoisotopic (exact) mass is 222 g/mol. The minimum atomic E-state index is -0.209. The van der Waals surface area contributed by atoms with Crippen molar-refractivity contribution in [3.05, 3.63) is 24.3 Å². The van der Waals surface area contributed by atoms with E-state index in [-0.39, 0.29) is 11.9 Å². The van der Waals surface area contributed by atoms with Crippen molar-refractivity contribution < 1.29 is 9.47 Å². The fraction of sp³-hybridized carbons (Fsp3) is 0.714. The molecule has 0 aromatic rings. The molecule has 0 aromatic heterocycles. The Bertz CT molecular complexity index is 321. The molecule has 2 nitrogen and oxygen atoms in total. The lowest BCUT2D eigenvalue weighted by atomic mass is 9.69. The molecule has 0 spiro atoms. The van der Waals surface area contributed by atoms with E-state index >= 15 is 0 Å². The van der Waals surface area contributed by atoms with Gasteiger partial charge in [0.1, 0.15) is 0 Å². The minimum Gasteiger partial charge on any atom is -0.352 e. The summed E-state index contributed by atoms with van der Waals surface area (Å²) in [5.41, 5.74) is 2.33. The maximum absolute atomic E-state index is 5.99. The molecule has 2 fully saturated rings. The van der Waals surface area contributed by atoms with Crippen molar-refractivity contribution in [3.63, 3.8) is 0 Å². The van der Waals surface area contributed by atoms with Gasteiger partial charge >= 0.3 is 0 Å². The Hall–Kier alpha value is -0.600. The summed E-state index contributed by atoms with van der Waals surface area (Å²) in [5, 5.41) is 0. The topological polar surface area (TPSA) is 18.5 Å². The second-order valence-corrected chi connectivity index (χ2v) is 5.44. The van der Waals surface area contributed by atoms with Gasteiger partial charge in [-0.1, -0.05) is 18.7 Å². The average Bonchev–Trinajstić information content (AvgIpc) is 2.50. The number of fused-ring (bicyclic) bond motifs is 1. The van der Waals surface area contributed by atoms with Gasteiger partial charge in [0.05, 0.1) is 5.60 Å². The van der Waals surface area contributed by atoms with Gasteiger partial charge in [-0.2, -0.15) is 0 Å².